The Bertz CT molecular complexity index is 902. The van der Waals surface area contributed by atoms with Crippen molar-refractivity contribution in [3.05, 3.63) is 102 Å². The molecule has 0 unspecified atom stereocenters. The lowest BCUT2D eigenvalue weighted by atomic mass is 10.1. The Labute approximate surface area is 152 Å². The van der Waals surface area contributed by atoms with E-state index in [4.69, 9.17) is 4.74 Å². The molecule has 0 aliphatic carbocycles. The number of amides is 1. The van der Waals surface area contributed by atoms with E-state index in [0.717, 1.165) is 11.1 Å². The molecule has 0 N–H and O–H groups in total. The average Bonchev–Trinajstić information content (AvgIpc) is 2.72. The van der Waals surface area contributed by atoms with Gasteiger partial charge in [0.25, 0.3) is 0 Å². The predicted octanol–water partition coefficient (Wildman–Crippen LogP) is 4.90. The van der Waals surface area contributed by atoms with Gasteiger partial charge in [0, 0.05) is 0 Å². The molecule has 128 valence electrons. The molecule has 26 heavy (non-hydrogen) atoms. The van der Waals surface area contributed by atoms with Crippen molar-refractivity contribution in [3.8, 4) is 6.07 Å². The molecule has 0 saturated carbocycles. The fourth-order valence-electron chi connectivity index (χ4n) is 2.61. The molecule has 0 heterocycles. The van der Waals surface area contributed by atoms with Crippen LogP contribution in [0.3, 0.4) is 0 Å². The number of benzene rings is 3. The molecule has 0 bridgehead atoms. The Kier molecular flexibility index (Phi) is 5.64. The molecule has 3 aromatic rings. The van der Waals surface area contributed by atoms with Crippen LogP contribution >= 0.6 is 0 Å². The van der Waals surface area contributed by atoms with Gasteiger partial charge >= 0.3 is 6.09 Å². The normalized spacial score (nSPS) is 9.96. The van der Waals surface area contributed by atoms with Crippen LogP contribution in [0.25, 0.3) is 0 Å². The first-order chi connectivity index (χ1) is 12.8. The SMILES string of the molecule is N#Cc1ccccc1N(Cc1ccccc1)C(=O)OCc1ccccc1. The van der Waals surface area contributed by atoms with Crippen molar-refractivity contribution in [2.24, 2.45) is 0 Å². The summed E-state index contributed by atoms with van der Waals surface area (Å²) in [6.45, 7) is 0.507. The van der Waals surface area contributed by atoms with Crippen molar-refractivity contribution < 1.29 is 9.53 Å². The average molecular weight is 342 g/mol. The molecular formula is C22H18N2O2. The first-order valence-electron chi connectivity index (χ1n) is 8.29. The second-order valence-corrected chi connectivity index (χ2v) is 5.74. The molecule has 0 atom stereocenters. The van der Waals surface area contributed by atoms with Crippen molar-refractivity contribution in [2.75, 3.05) is 4.90 Å². The van der Waals surface area contributed by atoms with E-state index in [-0.39, 0.29) is 6.61 Å². The Balaban J connectivity index is 1.84. The highest BCUT2D eigenvalue weighted by Crippen LogP contribution is 2.23. The third kappa shape index (κ3) is 4.28. The van der Waals surface area contributed by atoms with Gasteiger partial charge in [0.15, 0.2) is 0 Å². The fourth-order valence-corrected chi connectivity index (χ4v) is 2.61. The highest BCUT2D eigenvalue weighted by molar-refractivity contribution is 5.89. The monoisotopic (exact) mass is 342 g/mol. The topological polar surface area (TPSA) is 53.3 Å². The molecule has 0 aromatic heterocycles. The van der Waals surface area contributed by atoms with Crippen LogP contribution in [0.1, 0.15) is 16.7 Å². The van der Waals surface area contributed by atoms with Crippen LogP contribution in [0.2, 0.25) is 0 Å². The Hall–Kier alpha value is -3.58. The van der Waals surface area contributed by atoms with Gasteiger partial charge in [-0.15, -0.1) is 0 Å². The van der Waals surface area contributed by atoms with Gasteiger partial charge in [-0.1, -0.05) is 72.8 Å². The van der Waals surface area contributed by atoms with Crippen LogP contribution in [0.15, 0.2) is 84.9 Å². The summed E-state index contributed by atoms with van der Waals surface area (Å²) in [5.41, 5.74) is 2.84. The Morgan fingerprint density at radius 1 is 0.846 bits per heavy atom. The second-order valence-electron chi connectivity index (χ2n) is 5.74. The molecule has 3 aromatic carbocycles. The number of hydrogen-bond acceptors (Lipinski definition) is 3. The van der Waals surface area contributed by atoms with E-state index in [1.54, 1.807) is 24.3 Å². The number of carbonyl (C=O) groups excluding carboxylic acids is 1. The first kappa shape index (κ1) is 17.2. The lowest BCUT2D eigenvalue weighted by Gasteiger charge is -2.23. The molecule has 0 saturated heterocycles. The van der Waals surface area contributed by atoms with Crippen molar-refractivity contribution in [1.29, 1.82) is 5.26 Å². The highest BCUT2D eigenvalue weighted by Gasteiger charge is 2.20. The zero-order valence-electron chi connectivity index (χ0n) is 14.2. The summed E-state index contributed by atoms with van der Waals surface area (Å²) in [6, 6.07) is 28.3. The van der Waals surface area contributed by atoms with E-state index in [2.05, 4.69) is 6.07 Å². The lowest BCUT2D eigenvalue weighted by Crippen LogP contribution is -2.31. The maximum Gasteiger partial charge on any atom is 0.414 e. The highest BCUT2D eigenvalue weighted by atomic mass is 16.6. The zero-order chi connectivity index (χ0) is 18.2. The van der Waals surface area contributed by atoms with Crippen LogP contribution in [-0.4, -0.2) is 6.09 Å². The minimum Gasteiger partial charge on any atom is -0.444 e. The maximum atomic E-state index is 12.8. The standard InChI is InChI=1S/C22H18N2O2/c23-15-20-13-7-8-14-21(20)24(16-18-9-3-1-4-10-18)22(25)26-17-19-11-5-2-6-12-19/h1-14H,16-17H2. The van der Waals surface area contributed by atoms with Crippen molar-refractivity contribution in [3.63, 3.8) is 0 Å². The molecule has 0 radical (unpaired) electrons. The van der Waals surface area contributed by atoms with E-state index in [0.29, 0.717) is 17.8 Å². The number of nitriles is 1. The fraction of sp³-hybridized carbons (Fsp3) is 0.0909. The molecule has 1 amide bonds. The van der Waals surface area contributed by atoms with Gasteiger partial charge < -0.3 is 4.74 Å². The third-order valence-electron chi connectivity index (χ3n) is 3.92. The summed E-state index contributed by atoms with van der Waals surface area (Å²) < 4.78 is 5.49. The quantitative estimate of drug-likeness (QED) is 0.662. The number of anilines is 1. The van der Waals surface area contributed by atoms with E-state index < -0.39 is 6.09 Å². The summed E-state index contributed by atoms with van der Waals surface area (Å²) in [5, 5.41) is 9.39. The Morgan fingerprint density at radius 3 is 2.08 bits per heavy atom. The summed E-state index contributed by atoms with van der Waals surface area (Å²) >= 11 is 0. The van der Waals surface area contributed by atoms with Crippen LogP contribution in [0.5, 0.6) is 0 Å². The Morgan fingerprint density at radius 2 is 1.42 bits per heavy atom. The van der Waals surface area contributed by atoms with E-state index in [1.165, 1.54) is 4.90 Å². The predicted molar refractivity (Wildman–Crippen MR) is 100 cm³/mol. The third-order valence-corrected chi connectivity index (χ3v) is 3.92. The molecule has 4 heteroatoms. The number of ether oxygens (including phenoxy) is 1. The van der Waals surface area contributed by atoms with Gasteiger partial charge in [0.05, 0.1) is 17.8 Å². The van der Waals surface area contributed by atoms with Gasteiger partial charge in [-0.2, -0.15) is 5.26 Å². The van der Waals surface area contributed by atoms with E-state index in [9.17, 15) is 10.1 Å². The van der Waals surface area contributed by atoms with Crippen LogP contribution in [0, 0.1) is 11.3 Å². The van der Waals surface area contributed by atoms with E-state index >= 15 is 0 Å². The summed E-state index contributed by atoms with van der Waals surface area (Å²) in [4.78, 5) is 14.3. The van der Waals surface area contributed by atoms with Gasteiger partial charge in [0.2, 0.25) is 0 Å². The van der Waals surface area contributed by atoms with Gasteiger partial charge in [-0.05, 0) is 23.3 Å². The molecule has 0 fully saturated rings. The van der Waals surface area contributed by atoms with Crippen LogP contribution in [-0.2, 0) is 17.9 Å². The minimum absolute atomic E-state index is 0.180. The lowest BCUT2D eigenvalue weighted by molar-refractivity contribution is 0.146. The smallest absolute Gasteiger partial charge is 0.414 e. The molecule has 0 spiro atoms. The van der Waals surface area contributed by atoms with Crippen molar-refractivity contribution >= 4 is 11.8 Å². The number of carbonyl (C=O) groups is 1. The molecule has 3 rings (SSSR count). The molecule has 0 aliphatic rings. The number of hydrogen-bond donors (Lipinski definition) is 0. The zero-order valence-corrected chi connectivity index (χ0v) is 14.2. The number of rotatable bonds is 5. The van der Waals surface area contributed by atoms with Gasteiger partial charge in [-0.3, -0.25) is 4.90 Å². The van der Waals surface area contributed by atoms with Crippen molar-refractivity contribution in [1.82, 2.24) is 0 Å². The van der Waals surface area contributed by atoms with Gasteiger partial charge in [0.1, 0.15) is 12.7 Å². The summed E-state index contributed by atoms with van der Waals surface area (Å²) in [7, 11) is 0. The number of nitrogens with zero attached hydrogens (tertiary/aromatic N) is 2. The summed E-state index contributed by atoms with van der Waals surface area (Å²) in [5.74, 6) is 0. The number of para-hydroxylation sites is 1. The molecule has 4 nitrogen and oxygen atoms in total. The maximum absolute atomic E-state index is 12.8. The van der Waals surface area contributed by atoms with E-state index in [1.807, 2.05) is 60.7 Å². The van der Waals surface area contributed by atoms with Crippen LogP contribution < -0.4 is 4.90 Å². The van der Waals surface area contributed by atoms with Crippen molar-refractivity contribution in [2.45, 2.75) is 13.2 Å². The van der Waals surface area contributed by atoms with Gasteiger partial charge in [-0.25, -0.2) is 4.79 Å². The minimum atomic E-state index is -0.486. The molecular weight excluding hydrogens is 324 g/mol. The molecule has 0 aliphatic heterocycles. The largest absolute Gasteiger partial charge is 0.444 e. The second kappa shape index (κ2) is 8.50. The van der Waals surface area contributed by atoms with Crippen LogP contribution in [0.4, 0.5) is 10.5 Å². The first-order valence-corrected chi connectivity index (χ1v) is 8.29. The summed E-state index contributed by atoms with van der Waals surface area (Å²) in [6.07, 6.45) is -0.486.